The van der Waals surface area contributed by atoms with E-state index in [2.05, 4.69) is 20.8 Å². The topological polar surface area (TPSA) is 26.3 Å². The second-order valence-corrected chi connectivity index (χ2v) is 6.38. The fourth-order valence-electron chi connectivity index (χ4n) is 1.93. The van der Waals surface area contributed by atoms with Gasteiger partial charge >= 0.3 is 5.97 Å². The van der Waals surface area contributed by atoms with Crippen LogP contribution in [0, 0.1) is 10.8 Å². The first-order valence-corrected chi connectivity index (χ1v) is 5.28. The maximum absolute atomic E-state index is 11.6. The molecule has 0 aliphatic heterocycles. The first kappa shape index (κ1) is 11.5. The zero-order valence-corrected chi connectivity index (χ0v) is 10.2. The predicted octanol–water partition coefficient (Wildman–Crippen LogP) is 3.15. The molecule has 2 nitrogen and oxygen atoms in total. The van der Waals surface area contributed by atoms with Crippen molar-refractivity contribution in [1.82, 2.24) is 0 Å². The molecule has 0 heterocycles. The molecule has 1 atom stereocenters. The van der Waals surface area contributed by atoms with Crippen molar-refractivity contribution in [3.8, 4) is 0 Å². The van der Waals surface area contributed by atoms with Gasteiger partial charge in [0.1, 0.15) is 5.60 Å². The van der Waals surface area contributed by atoms with Crippen LogP contribution in [-0.2, 0) is 9.53 Å². The van der Waals surface area contributed by atoms with Crippen LogP contribution >= 0.6 is 0 Å². The van der Waals surface area contributed by atoms with Crippen LogP contribution in [0.5, 0.6) is 0 Å². The predicted molar refractivity (Wildman–Crippen MR) is 57.0 cm³/mol. The first-order valence-electron chi connectivity index (χ1n) is 5.28. The summed E-state index contributed by atoms with van der Waals surface area (Å²) < 4.78 is 5.31. The standard InChI is InChI=1S/C12H22O2/c1-10(2,3)14-9(13)7-12(6)8-11(12,4)5/h7-8H2,1-6H3. The molecule has 0 radical (unpaired) electrons. The Kier molecular flexibility index (Phi) is 2.46. The molecule has 0 N–H and O–H groups in total. The zero-order chi connectivity index (χ0) is 11.2. The molecule has 1 aliphatic carbocycles. The second kappa shape index (κ2) is 2.98. The highest BCUT2D eigenvalue weighted by molar-refractivity contribution is 5.71. The molecular formula is C12H22O2. The van der Waals surface area contributed by atoms with Crippen LogP contribution in [0.15, 0.2) is 0 Å². The average Bonchev–Trinajstić information content (AvgIpc) is 2.22. The molecule has 0 aromatic rings. The van der Waals surface area contributed by atoms with Crippen LogP contribution in [0.4, 0.5) is 0 Å². The van der Waals surface area contributed by atoms with Crippen molar-refractivity contribution >= 4 is 5.97 Å². The second-order valence-electron chi connectivity index (χ2n) is 6.38. The van der Waals surface area contributed by atoms with Crippen molar-refractivity contribution in [2.24, 2.45) is 10.8 Å². The molecule has 0 amide bonds. The van der Waals surface area contributed by atoms with Crippen molar-refractivity contribution in [3.63, 3.8) is 0 Å². The normalized spacial score (nSPS) is 29.9. The Labute approximate surface area is 87.0 Å². The van der Waals surface area contributed by atoms with E-state index in [0.29, 0.717) is 11.8 Å². The van der Waals surface area contributed by atoms with Gasteiger partial charge < -0.3 is 4.74 Å². The van der Waals surface area contributed by atoms with Gasteiger partial charge in [-0.1, -0.05) is 20.8 Å². The van der Waals surface area contributed by atoms with E-state index in [4.69, 9.17) is 4.74 Å². The summed E-state index contributed by atoms with van der Waals surface area (Å²) in [6, 6.07) is 0. The lowest BCUT2D eigenvalue weighted by Gasteiger charge is -2.22. The van der Waals surface area contributed by atoms with Gasteiger partial charge in [-0.05, 0) is 38.0 Å². The van der Waals surface area contributed by atoms with Gasteiger partial charge in [-0.3, -0.25) is 4.79 Å². The number of carbonyl (C=O) groups excluding carboxylic acids is 1. The van der Waals surface area contributed by atoms with Crippen LogP contribution in [0.25, 0.3) is 0 Å². The summed E-state index contributed by atoms with van der Waals surface area (Å²) in [6.45, 7) is 12.3. The number of hydrogen-bond acceptors (Lipinski definition) is 2. The number of rotatable bonds is 2. The third kappa shape index (κ3) is 2.49. The molecule has 82 valence electrons. The van der Waals surface area contributed by atoms with Gasteiger partial charge in [0.25, 0.3) is 0 Å². The van der Waals surface area contributed by atoms with Crippen LogP contribution in [0.3, 0.4) is 0 Å². The summed E-state index contributed by atoms with van der Waals surface area (Å²) in [5.74, 6) is -0.0643. The van der Waals surface area contributed by atoms with E-state index in [-0.39, 0.29) is 17.0 Å². The SMILES string of the molecule is CC(C)(C)OC(=O)CC1(C)CC1(C)C. The number of esters is 1. The molecule has 0 aromatic carbocycles. The molecule has 14 heavy (non-hydrogen) atoms. The maximum Gasteiger partial charge on any atom is 0.306 e. The van der Waals surface area contributed by atoms with Crippen LogP contribution < -0.4 is 0 Å². The fourth-order valence-corrected chi connectivity index (χ4v) is 1.93. The van der Waals surface area contributed by atoms with Gasteiger partial charge in [0.05, 0.1) is 6.42 Å². The highest BCUT2D eigenvalue weighted by atomic mass is 16.6. The summed E-state index contributed by atoms with van der Waals surface area (Å²) in [7, 11) is 0. The maximum atomic E-state index is 11.6. The molecule has 1 rings (SSSR count). The zero-order valence-electron chi connectivity index (χ0n) is 10.2. The number of ether oxygens (including phenoxy) is 1. The molecule has 1 aliphatic rings. The lowest BCUT2D eigenvalue weighted by atomic mass is 9.94. The molecular weight excluding hydrogens is 176 g/mol. The van der Waals surface area contributed by atoms with Crippen molar-refractivity contribution in [2.45, 2.75) is 60.0 Å². The van der Waals surface area contributed by atoms with Crippen molar-refractivity contribution in [1.29, 1.82) is 0 Å². The molecule has 2 heteroatoms. The minimum Gasteiger partial charge on any atom is -0.460 e. The molecule has 0 aromatic heterocycles. The Morgan fingerprint density at radius 1 is 1.29 bits per heavy atom. The van der Waals surface area contributed by atoms with E-state index < -0.39 is 0 Å². The van der Waals surface area contributed by atoms with E-state index in [1.165, 1.54) is 0 Å². The van der Waals surface area contributed by atoms with Crippen LogP contribution in [0.1, 0.15) is 54.4 Å². The van der Waals surface area contributed by atoms with Crippen LogP contribution in [-0.4, -0.2) is 11.6 Å². The average molecular weight is 198 g/mol. The van der Waals surface area contributed by atoms with E-state index >= 15 is 0 Å². The number of hydrogen-bond donors (Lipinski definition) is 0. The monoisotopic (exact) mass is 198 g/mol. The lowest BCUT2D eigenvalue weighted by Crippen LogP contribution is -2.25. The van der Waals surface area contributed by atoms with Gasteiger partial charge in [-0.25, -0.2) is 0 Å². The fraction of sp³-hybridized carbons (Fsp3) is 0.917. The van der Waals surface area contributed by atoms with Crippen molar-refractivity contribution in [3.05, 3.63) is 0 Å². The minimum atomic E-state index is -0.355. The highest BCUT2D eigenvalue weighted by Crippen LogP contribution is 2.65. The summed E-state index contributed by atoms with van der Waals surface area (Å²) in [6.07, 6.45) is 1.68. The van der Waals surface area contributed by atoms with Crippen LogP contribution in [0.2, 0.25) is 0 Å². The minimum absolute atomic E-state index is 0.0643. The van der Waals surface area contributed by atoms with Gasteiger partial charge in [-0.15, -0.1) is 0 Å². The molecule has 1 fully saturated rings. The Morgan fingerprint density at radius 2 is 1.71 bits per heavy atom. The molecule has 0 spiro atoms. The van der Waals surface area contributed by atoms with Crippen molar-refractivity contribution in [2.75, 3.05) is 0 Å². The summed E-state index contributed by atoms with van der Waals surface area (Å²) in [4.78, 5) is 11.6. The Balaban J connectivity index is 2.44. The van der Waals surface area contributed by atoms with E-state index in [1.54, 1.807) is 0 Å². The quantitative estimate of drug-likeness (QED) is 0.637. The Bertz CT molecular complexity index is 248. The van der Waals surface area contributed by atoms with Gasteiger partial charge in [0, 0.05) is 0 Å². The molecule has 1 saturated carbocycles. The van der Waals surface area contributed by atoms with E-state index in [0.717, 1.165) is 6.42 Å². The molecule has 1 unspecified atom stereocenters. The highest BCUT2D eigenvalue weighted by Gasteiger charge is 2.58. The van der Waals surface area contributed by atoms with E-state index in [9.17, 15) is 4.79 Å². The smallest absolute Gasteiger partial charge is 0.306 e. The van der Waals surface area contributed by atoms with Gasteiger partial charge in [0.2, 0.25) is 0 Å². The number of carbonyl (C=O) groups is 1. The Morgan fingerprint density at radius 3 is 2.00 bits per heavy atom. The summed E-state index contributed by atoms with van der Waals surface area (Å²) >= 11 is 0. The van der Waals surface area contributed by atoms with Crippen molar-refractivity contribution < 1.29 is 9.53 Å². The molecule has 0 saturated heterocycles. The largest absolute Gasteiger partial charge is 0.460 e. The lowest BCUT2D eigenvalue weighted by molar-refractivity contribution is -0.156. The summed E-state index contributed by atoms with van der Waals surface area (Å²) in [5, 5.41) is 0. The third-order valence-corrected chi connectivity index (χ3v) is 3.30. The first-order chi connectivity index (χ1) is 6.06. The summed E-state index contributed by atoms with van der Waals surface area (Å²) in [5.41, 5.74) is 0.117. The van der Waals surface area contributed by atoms with E-state index in [1.807, 2.05) is 20.8 Å². The van der Waals surface area contributed by atoms with Gasteiger partial charge in [0.15, 0.2) is 0 Å². The molecule has 0 bridgehead atoms. The van der Waals surface area contributed by atoms with Gasteiger partial charge in [-0.2, -0.15) is 0 Å². The Hall–Kier alpha value is -0.530. The third-order valence-electron chi connectivity index (χ3n) is 3.30.